The summed E-state index contributed by atoms with van der Waals surface area (Å²) in [5, 5.41) is 0. The van der Waals surface area contributed by atoms with E-state index in [0.717, 1.165) is 23.5 Å². The van der Waals surface area contributed by atoms with Gasteiger partial charge in [0.15, 0.2) is 0 Å². The summed E-state index contributed by atoms with van der Waals surface area (Å²) in [7, 11) is 0. The molecular formula is C17H20N2O2. The van der Waals surface area contributed by atoms with Crippen molar-refractivity contribution in [1.82, 2.24) is 4.98 Å². The van der Waals surface area contributed by atoms with Gasteiger partial charge in [0.25, 0.3) is 0 Å². The van der Waals surface area contributed by atoms with Gasteiger partial charge in [-0.05, 0) is 36.6 Å². The van der Waals surface area contributed by atoms with E-state index >= 15 is 0 Å². The Morgan fingerprint density at radius 1 is 1.38 bits per heavy atom. The van der Waals surface area contributed by atoms with E-state index in [1.807, 2.05) is 37.4 Å². The first-order valence-electron chi connectivity index (χ1n) is 7.32. The van der Waals surface area contributed by atoms with E-state index in [-0.39, 0.29) is 12.0 Å². The van der Waals surface area contributed by atoms with Gasteiger partial charge in [0, 0.05) is 18.2 Å². The molecule has 0 spiro atoms. The fourth-order valence-electron chi connectivity index (χ4n) is 2.72. The van der Waals surface area contributed by atoms with Crippen LogP contribution >= 0.6 is 0 Å². The average molecular weight is 284 g/mol. The van der Waals surface area contributed by atoms with Crippen molar-refractivity contribution in [1.29, 1.82) is 0 Å². The topological polar surface area (TPSA) is 57.4 Å². The quantitative estimate of drug-likeness (QED) is 0.938. The van der Waals surface area contributed by atoms with E-state index in [9.17, 15) is 0 Å². The summed E-state index contributed by atoms with van der Waals surface area (Å²) in [6.45, 7) is 3.22. The fourth-order valence-corrected chi connectivity index (χ4v) is 2.72. The second-order valence-electron chi connectivity index (χ2n) is 5.30. The summed E-state index contributed by atoms with van der Waals surface area (Å²) in [6, 6.07) is 10.0. The van der Waals surface area contributed by atoms with Crippen LogP contribution in [0, 0.1) is 5.92 Å². The highest BCUT2D eigenvalue weighted by Crippen LogP contribution is 2.32. The second kappa shape index (κ2) is 6.14. The molecule has 2 heterocycles. The minimum absolute atomic E-state index is 0.105. The Hall–Kier alpha value is -2.07. The number of nitrogens with zero attached hydrogens (tertiary/aromatic N) is 1. The summed E-state index contributed by atoms with van der Waals surface area (Å²) in [5.74, 6) is 1.99. The van der Waals surface area contributed by atoms with E-state index in [1.54, 1.807) is 6.20 Å². The van der Waals surface area contributed by atoms with Crippen LogP contribution in [0.1, 0.15) is 24.1 Å². The maximum absolute atomic E-state index is 6.42. The monoisotopic (exact) mass is 284 g/mol. The molecule has 3 rings (SSSR count). The number of nitrogens with two attached hydrogens (primary N) is 1. The zero-order chi connectivity index (χ0) is 14.7. The van der Waals surface area contributed by atoms with Crippen molar-refractivity contribution in [2.24, 2.45) is 11.7 Å². The lowest BCUT2D eigenvalue weighted by Gasteiger charge is -2.29. The Kier molecular flexibility index (Phi) is 4.06. The molecule has 21 heavy (non-hydrogen) atoms. The van der Waals surface area contributed by atoms with Crippen molar-refractivity contribution in [3.63, 3.8) is 0 Å². The molecule has 1 aromatic carbocycles. The van der Waals surface area contributed by atoms with Crippen LogP contribution in [0.2, 0.25) is 0 Å². The molecule has 0 saturated heterocycles. The van der Waals surface area contributed by atoms with E-state index < -0.39 is 0 Å². The molecule has 0 amide bonds. The number of para-hydroxylation sites is 1. The van der Waals surface area contributed by atoms with Gasteiger partial charge in [-0.15, -0.1) is 0 Å². The van der Waals surface area contributed by atoms with Crippen LogP contribution < -0.4 is 15.2 Å². The van der Waals surface area contributed by atoms with E-state index in [2.05, 4.69) is 11.1 Å². The first-order valence-corrected chi connectivity index (χ1v) is 7.32. The largest absolute Gasteiger partial charge is 0.493 e. The Morgan fingerprint density at radius 2 is 2.24 bits per heavy atom. The molecule has 0 bridgehead atoms. The lowest BCUT2D eigenvalue weighted by Crippen LogP contribution is -2.31. The third-order valence-corrected chi connectivity index (χ3v) is 3.85. The Bertz CT molecular complexity index is 615. The molecule has 110 valence electrons. The number of pyridine rings is 1. The van der Waals surface area contributed by atoms with Crippen LogP contribution in [-0.2, 0) is 6.42 Å². The summed E-state index contributed by atoms with van der Waals surface area (Å²) in [6.07, 6.45) is 4.45. The average Bonchev–Trinajstić information content (AvgIpc) is 2.54. The maximum Gasteiger partial charge on any atom is 0.137 e. The molecule has 2 N–H and O–H groups in total. The first kappa shape index (κ1) is 13.9. The van der Waals surface area contributed by atoms with Gasteiger partial charge < -0.3 is 15.2 Å². The number of hydrogen-bond acceptors (Lipinski definition) is 4. The standard InChI is InChI=1S/C17H20N2O2/c1-2-20-15-8-13(9-19-10-15)17(18)14-7-12-5-3-4-6-16(12)21-11-14/h3-6,8-10,14,17H,2,7,11,18H2,1H3. The number of benzene rings is 1. The Balaban J connectivity index is 1.77. The molecular weight excluding hydrogens is 264 g/mol. The van der Waals surface area contributed by atoms with Crippen molar-refractivity contribution in [2.45, 2.75) is 19.4 Å². The van der Waals surface area contributed by atoms with E-state index in [0.29, 0.717) is 13.2 Å². The summed E-state index contributed by atoms with van der Waals surface area (Å²) in [4.78, 5) is 4.22. The van der Waals surface area contributed by atoms with E-state index in [4.69, 9.17) is 15.2 Å². The number of ether oxygens (including phenoxy) is 2. The predicted molar refractivity (Wildman–Crippen MR) is 81.5 cm³/mol. The highest BCUT2D eigenvalue weighted by atomic mass is 16.5. The molecule has 2 aromatic rings. The zero-order valence-electron chi connectivity index (χ0n) is 12.2. The molecule has 2 unspecified atom stereocenters. The van der Waals surface area contributed by atoms with Crippen LogP contribution in [-0.4, -0.2) is 18.2 Å². The molecule has 0 radical (unpaired) electrons. The molecule has 1 aliphatic rings. The molecule has 0 aliphatic carbocycles. The number of hydrogen-bond donors (Lipinski definition) is 1. The Labute approximate surface area is 124 Å². The summed E-state index contributed by atoms with van der Waals surface area (Å²) in [5.41, 5.74) is 8.63. The van der Waals surface area contributed by atoms with E-state index in [1.165, 1.54) is 5.56 Å². The lowest BCUT2D eigenvalue weighted by atomic mass is 9.87. The summed E-state index contributed by atoms with van der Waals surface area (Å²) < 4.78 is 11.3. The van der Waals surface area contributed by atoms with Gasteiger partial charge >= 0.3 is 0 Å². The van der Waals surface area contributed by atoms with Crippen LogP contribution in [0.3, 0.4) is 0 Å². The maximum atomic E-state index is 6.42. The zero-order valence-corrected chi connectivity index (χ0v) is 12.2. The van der Waals surface area contributed by atoms with Crippen molar-refractivity contribution in [3.05, 3.63) is 53.9 Å². The first-order chi connectivity index (χ1) is 10.3. The number of fused-ring (bicyclic) bond motifs is 1. The smallest absolute Gasteiger partial charge is 0.137 e. The molecule has 4 nitrogen and oxygen atoms in total. The van der Waals surface area contributed by atoms with Crippen molar-refractivity contribution < 1.29 is 9.47 Å². The molecule has 1 aliphatic heterocycles. The second-order valence-corrected chi connectivity index (χ2v) is 5.30. The van der Waals surface area contributed by atoms with Crippen LogP contribution in [0.4, 0.5) is 0 Å². The van der Waals surface area contributed by atoms with Gasteiger partial charge in [0.1, 0.15) is 11.5 Å². The minimum Gasteiger partial charge on any atom is -0.493 e. The number of rotatable bonds is 4. The SMILES string of the molecule is CCOc1cncc(C(N)C2COc3ccccc3C2)c1. The molecule has 4 heteroatoms. The van der Waals surface area contributed by atoms with Crippen LogP contribution in [0.15, 0.2) is 42.7 Å². The molecule has 0 fully saturated rings. The third kappa shape index (κ3) is 3.00. The van der Waals surface area contributed by atoms with Crippen LogP contribution in [0.25, 0.3) is 0 Å². The van der Waals surface area contributed by atoms with Crippen LogP contribution in [0.5, 0.6) is 11.5 Å². The van der Waals surface area contributed by atoms with Gasteiger partial charge in [0.05, 0.1) is 19.4 Å². The van der Waals surface area contributed by atoms with Gasteiger partial charge in [-0.25, -0.2) is 0 Å². The van der Waals surface area contributed by atoms with Gasteiger partial charge in [-0.3, -0.25) is 4.98 Å². The molecule has 0 saturated carbocycles. The summed E-state index contributed by atoms with van der Waals surface area (Å²) >= 11 is 0. The number of aromatic nitrogens is 1. The van der Waals surface area contributed by atoms with Gasteiger partial charge in [-0.1, -0.05) is 18.2 Å². The third-order valence-electron chi connectivity index (χ3n) is 3.85. The van der Waals surface area contributed by atoms with Crippen molar-refractivity contribution in [3.8, 4) is 11.5 Å². The van der Waals surface area contributed by atoms with Crippen molar-refractivity contribution in [2.75, 3.05) is 13.2 Å². The minimum atomic E-state index is -0.105. The molecule has 2 atom stereocenters. The van der Waals surface area contributed by atoms with Crippen molar-refractivity contribution >= 4 is 0 Å². The lowest BCUT2D eigenvalue weighted by molar-refractivity contribution is 0.199. The van der Waals surface area contributed by atoms with Gasteiger partial charge in [0.2, 0.25) is 0 Å². The fraction of sp³-hybridized carbons (Fsp3) is 0.353. The molecule has 1 aromatic heterocycles. The highest BCUT2D eigenvalue weighted by Gasteiger charge is 2.26. The Morgan fingerprint density at radius 3 is 3.10 bits per heavy atom. The highest BCUT2D eigenvalue weighted by molar-refractivity contribution is 5.36. The normalized spacial score (nSPS) is 18.5. The predicted octanol–water partition coefficient (Wildman–Crippen LogP) is 2.73. The van der Waals surface area contributed by atoms with Gasteiger partial charge in [-0.2, -0.15) is 0 Å².